The van der Waals surface area contributed by atoms with Crippen LogP contribution >= 0.6 is 0 Å². The van der Waals surface area contributed by atoms with E-state index in [0.29, 0.717) is 11.5 Å². The van der Waals surface area contributed by atoms with Crippen molar-refractivity contribution in [3.8, 4) is 0 Å². The summed E-state index contributed by atoms with van der Waals surface area (Å²) < 4.78 is 0. The third kappa shape index (κ3) is 3.00. The van der Waals surface area contributed by atoms with Crippen LogP contribution in [0.4, 0.5) is 0 Å². The molecule has 2 atom stereocenters. The summed E-state index contributed by atoms with van der Waals surface area (Å²) in [7, 11) is 0. The van der Waals surface area contributed by atoms with Gasteiger partial charge in [0, 0.05) is 18.3 Å². The number of rotatable bonds is 3. The first-order chi connectivity index (χ1) is 8.70. The normalized spacial score (nSPS) is 23.6. The molecule has 2 N–H and O–H groups in total. The summed E-state index contributed by atoms with van der Waals surface area (Å²) in [5.41, 5.74) is 0.339. The van der Waals surface area contributed by atoms with E-state index in [2.05, 4.69) is 17.2 Å². The van der Waals surface area contributed by atoms with Crippen LogP contribution < -0.4 is 10.9 Å². The molecule has 1 aliphatic carbocycles. The lowest BCUT2D eigenvalue weighted by Crippen LogP contribution is -2.42. The lowest BCUT2D eigenvalue weighted by molar-refractivity contribution is 0.0904. The second kappa shape index (κ2) is 5.85. The Bertz CT molecular complexity index is 447. The number of pyridine rings is 1. The molecule has 4 nitrogen and oxygen atoms in total. The molecule has 1 heterocycles. The molecule has 0 saturated heterocycles. The largest absolute Gasteiger partial charge is 0.349 e. The quantitative estimate of drug-likeness (QED) is 0.860. The summed E-state index contributed by atoms with van der Waals surface area (Å²) in [5, 5.41) is 3.09. The number of aromatic amines is 1. The first-order valence-electron chi connectivity index (χ1n) is 6.70. The molecule has 1 aromatic rings. The monoisotopic (exact) mass is 248 g/mol. The van der Waals surface area contributed by atoms with Crippen LogP contribution in [-0.4, -0.2) is 16.9 Å². The van der Waals surface area contributed by atoms with Crippen molar-refractivity contribution >= 4 is 5.91 Å². The highest BCUT2D eigenvalue weighted by Crippen LogP contribution is 2.26. The van der Waals surface area contributed by atoms with Gasteiger partial charge in [0.1, 0.15) is 0 Å². The first kappa shape index (κ1) is 12.9. The predicted molar refractivity (Wildman–Crippen MR) is 70.6 cm³/mol. The van der Waals surface area contributed by atoms with Crippen molar-refractivity contribution < 1.29 is 4.79 Å². The van der Waals surface area contributed by atoms with Crippen LogP contribution in [0.2, 0.25) is 0 Å². The third-order valence-electron chi connectivity index (χ3n) is 3.80. The Balaban J connectivity index is 2.01. The van der Waals surface area contributed by atoms with E-state index >= 15 is 0 Å². The average molecular weight is 248 g/mol. The maximum atomic E-state index is 12.1. The van der Waals surface area contributed by atoms with Crippen molar-refractivity contribution in [3.63, 3.8) is 0 Å². The Morgan fingerprint density at radius 2 is 2.17 bits per heavy atom. The molecule has 2 unspecified atom stereocenters. The van der Waals surface area contributed by atoms with Crippen molar-refractivity contribution in [2.75, 3.05) is 0 Å². The SMILES string of the molecule is CCC1CCCCC1NC(=O)c1ccc(=O)[nH]c1. The molecule has 1 aliphatic rings. The Hall–Kier alpha value is -1.58. The second-order valence-corrected chi connectivity index (χ2v) is 4.97. The third-order valence-corrected chi connectivity index (χ3v) is 3.80. The molecular formula is C14H20N2O2. The molecule has 18 heavy (non-hydrogen) atoms. The van der Waals surface area contributed by atoms with Crippen LogP contribution in [0.15, 0.2) is 23.1 Å². The van der Waals surface area contributed by atoms with Gasteiger partial charge < -0.3 is 10.3 Å². The van der Waals surface area contributed by atoms with Crippen LogP contribution in [0, 0.1) is 5.92 Å². The van der Waals surface area contributed by atoms with Crippen LogP contribution in [0.25, 0.3) is 0 Å². The van der Waals surface area contributed by atoms with E-state index in [9.17, 15) is 9.59 Å². The van der Waals surface area contributed by atoms with Gasteiger partial charge in [-0.15, -0.1) is 0 Å². The zero-order valence-corrected chi connectivity index (χ0v) is 10.7. The topological polar surface area (TPSA) is 62.0 Å². The van der Waals surface area contributed by atoms with Gasteiger partial charge in [-0.3, -0.25) is 9.59 Å². The predicted octanol–water partition coefficient (Wildman–Crippen LogP) is 2.07. The van der Waals surface area contributed by atoms with E-state index < -0.39 is 0 Å². The van der Waals surface area contributed by atoms with E-state index in [1.165, 1.54) is 31.5 Å². The molecule has 0 aromatic carbocycles. The number of amides is 1. The Kier molecular flexibility index (Phi) is 4.18. The van der Waals surface area contributed by atoms with Crippen molar-refractivity contribution in [3.05, 3.63) is 34.2 Å². The minimum atomic E-state index is -0.185. The number of hydrogen-bond donors (Lipinski definition) is 2. The van der Waals surface area contributed by atoms with Gasteiger partial charge in [0.2, 0.25) is 5.56 Å². The molecule has 2 rings (SSSR count). The number of aromatic nitrogens is 1. The Morgan fingerprint density at radius 1 is 1.39 bits per heavy atom. The van der Waals surface area contributed by atoms with Crippen LogP contribution in [0.1, 0.15) is 49.4 Å². The van der Waals surface area contributed by atoms with Gasteiger partial charge >= 0.3 is 0 Å². The Labute approximate surface area is 107 Å². The standard InChI is InChI=1S/C14H20N2O2/c1-2-10-5-3-4-6-12(10)16-14(18)11-7-8-13(17)15-9-11/h7-10,12H,2-6H2,1H3,(H,15,17)(H,16,18). The van der Waals surface area contributed by atoms with Gasteiger partial charge in [-0.2, -0.15) is 0 Å². The number of hydrogen-bond acceptors (Lipinski definition) is 2. The molecule has 0 radical (unpaired) electrons. The van der Waals surface area contributed by atoms with Gasteiger partial charge in [0.05, 0.1) is 5.56 Å². The van der Waals surface area contributed by atoms with Crippen molar-refractivity contribution in [2.24, 2.45) is 5.92 Å². The highest BCUT2D eigenvalue weighted by molar-refractivity contribution is 5.94. The zero-order valence-electron chi connectivity index (χ0n) is 10.7. The fourth-order valence-electron chi connectivity index (χ4n) is 2.69. The maximum absolute atomic E-state index is 12.1. The molecule has 0 aliphatic heterocycles. The molecule has 98 valence electrons. The minimum absolute atomic E-state index is 0.0865. The fourth-order valence-corrected chi connectivity index (χ4v) is 2.69. The summed E-state index contributed by atoms with van der Waals surface area (Å²) in [6.07, 6.45) is 7.30. The maximum Gasteiger partial charge on any atom is 0.252 e. The molecule has 1 fully saturated rings. The minimum Gasteiger partial charge on any atom is -0.349 e. The summed E-state index contributed by atoms with van der Waals surface area (Å²) in [6, 6.07) is 3.23. The van der Waals surface area contributed by atoms with Crippen molar-refractivity contribution in [2.45, 2.75) is 45.1 Å². The van der Waals surface area contributed by atoms with E-state index in [4.69, 9.17) is 0 Å². The number of carbonyl (C=O) groups is 1. The van der Waals surface area contributed by atoms with E-state index in [1.807, 2.05) is 0 Å². The highest BCUT2D eigenvalue weighted by Gasteiger charge is 2.25. The summed E-state index contributed by atoms with van der Waals surface area (Å²) >= 11 is 0. The lowest BCUT2D eigenvalue weighted by Gasteiger charge is -2.31. The van der Waals surface area contributed by atoms with E-state index in [1.54, 1.807) is 6.07 Å². The molecule has 1 saturated carbocycles. The molecular weight excluding hydrogens is 228 g/mol. The molecule has 0 bridgehead atoms. The average Bonchev–Trinajstić information content (AvgIpc) is 2.40. The van der Waals surface area contributed by atoms with Gasteiger partial charge in [0.15, 0.2) is 0 Å². The first-order valence-corrected chi connectivity index (χ1v) is 6.70. The summed E-state index contributed by atoms with van der Waals surface area (Å²) in [6.45, 7) is 2.18. The molecule has 4 heteroatoms. The van der Waals surface area contributed by atoms with Crippen LogP contribution in [0.3, 0.4) is 0 Å². The van der Waals surface area contributed by atoms with Crippen LogP contribution in [-0.2, 0) is 0 Å². The zero-order chi connectivity index (χ0) is 13.0. The summed E-state index contributed by atoms with van der Waals surface area (Å²) in [4.78, 5) is 25.5. The van der Waals surface area contributed by atoms with E-state index in [0.717, 1.165) is 12.8 Å². The fraction of sp³-hybridized carbons (Fsp3) is 0.571. The molecule has 0 spiro atoms. The van der Waals surface area contributed by atoms with Crippen molar-refractivity contribution in [1.29, 1.82) is 0 Å². The van der Waals surface area contributed by atoms with Gasteiger partial charge in [-0.05, 0) is 24.8 Å². The Morgan fingerprint density at radius 3 is 2.83 bits per heavy atom. The van der Waals surface area contributed by atoms with Gasteiger partial charge in [-0.1, -0.05) is 26.2 Å². The number of H-pyrrole nitrogens is 1. The van der Waals surface area contributed by atoms with Gasteiger partial charge in [-0.25, -0.2) is 0 Å². The van der Waals surface area contributed by atoms with Gasteiger partial charge in [0.25, 0.3) is 5.91 Å². The number of nitrogens with one attached hydrogen (secondary N) is 2. The smallest absolute Gasteiger partial charge is 0.252 e. The summed E-state index contributed by atoms with van der Waals surface area (Å²) in [5.74, 6) is 0.502. The molecule has 1 amide bonds. The van der Waals surface area contributed by atoms with Crippen LogP contribution in [0.5, 0.6) is 0 Å². The highest BCUT2D eigenvalue weighted by atomic mass is 16.2. The molecule has 1 aromatic heterocycles. The van der Waals surface area contributed by atoms with Crippen molar-refractivity contribution in [1.82, 2.24) is 10.3 Å². The van der Waals surface area contributed by atoms with E-state index in [-0.39, 0.29) is 17.5 Å². The number of carbonyl (C=O) groups excluding carboxylic acids is 1. The lowest BCUT2D eigenvalue weighted by atomic mass is 9.83. The second-order valence-electron chi connectivity index (χ2n) is 4.97.